The van der Waals surface area contributed by atoms with Gasteiger partial charge >= 0.3 is 9.04 Å². The summed E-state index contributed by atoms with van der Waals surface area (Å²) in [6.45, 7) is 7.27. The lowest BCUT2D eigenvalue weighted by molar-refractivity contribution is -0.132. The highest BCUT2D eigenvalue weighted by atomic mass is 28.3. The van der Waals surface area contributed by atoms with Gasteiger partial charge in [-0.1, -0.05) is 31.9 Å². The molecule has 0 unspecified atom stereocenters. The van der Waals surface area contributed by atoms with Gasteiger partial charge in [-0.2, -0.15) is 0 Å². The van der Waals surface area contributed by atoms with Gasteiger partial charge in [-0.05, 0) is 6.04 Å². The van der Waals surface area contributed by atoms with Crippen LogP contribution in [0.5, 0.6) is 0 Å². The fourth-order valence-corrected chi connectivity index (χ4v) is 2.29. The van der Waals surface area contributed by atoms with Crippen LogP contribution in [0, 0.1) is 0 Å². The van der Waals surface area contributed by atoms with Crippen LogP contribution in [-0.4, -0.2) is 15.0 Å². The lowest BCUT2D eigenvalue weighted by Gasteiger charge is -2.08. The number of unbranched alkanes of at least 4 members (excludes halogenated alkanes) is 2. The average Bonchev–Trinajstić information content (AvgIpc) is 2.02. The predicted molar refractivity (Wildman–Crippen MR) is 52.0 cm³/mol. The Morgan fingerprint density at radius 2 is 2.25 bits per heavy atom. The Bertz CT molecular complexity index is 145. The maximum Gasteiger partial charge on any atom is 0.312 e. The van der Waals surface area contributed by atoms with E-state index in [1.165, 1.54) is 19.8 Å². The van der Waals surface area contributed by atoms with Crippen molar-refractivity contribution in [2.24, 2.45) is 0 Å². The Morgan fingerprint density at radius 3 is 2.67 bits per heavy atom. The molecule has 0 spiro atoms. The fraction of sp³-hybridized carbons (Fsp3) is 0.667. The minimum Gasteiger partial charge on any atom is -0.514 e. The molecular weight excluding hydrogens is 168 g/mol. The average molecular weight is 185 g/mol. The molecule has 0 saturated heterocycles. The topological polar surface area (TPSA) is 26.3 Å². The van der Waals surface area contributed by atoms with Crippen molar-refractivity contribution in [2.45, 2.75) is 39.2 Å². The minimum atomic E-state index is -1.04. The second-order valence-corrected chi connectivity index (χ2v) is 4.77. The molecule has 0 aromatic heterocycles. The molecular formula is C9H17O2Si. The molecule has 12 heavy (non-hydrogen) atoms. The summed E-state index contributed by atoms with van der Waals surface area (Å²) < 4.78 is 5.09. The van der Waals surface area contributed by atoms with E-state index in [9.17, 15) is 4.79 Å². The van der Waals surface area contributed by atoms with Crippen molar-refractivity contribution in [3.63, 3.8) is 0 Å². The molecule has 0 saturated carbocycles. The first-order valence-electron chi connectivity index (χ1n) is 4.37. The zero-order valence-corrected chi connectivity index (χ0v) is 8.93. The summed E-state index contributed by atoms with van der Waals surface area (Å²) in [6.07, 6.45) is 3.56. The minimum absolute atomic E-state index is 0.180. The van der Waals surface area contributed by atoms with Gasteiger partial charge in [-0.15, -0.1) is 6.58 Å². The molecule has 0 aliphatic heterocycles. The van der Waals surface area contributed by atoms with Crippen molar-refractivity contribution in [1.82, 2.24) is 0 Å². The number of carbonyl (C=O) groups is 1. The quantitative estimate of drug-likeness (QED) is 0.469. The molecule has 2 nitrogen and oxygen atoms in total. The van der Waals surface area contributed by atoms with Gasteiger partial charge in [0.05, 0.1) is 0 Å². The van der Waals surface area contributed by atoms with E-state index >= 15 is 0 Å². The first-order valence-corrected chi connectivity index (χ1v) is 6.06. The van der Waals surface area contributed by atoms with Crippen LogP contribution in [0.15, 0.2) is 12.3 Å². The molecule has 3 heteroatoms. The smallest absolute Gasteiger partial charge is 0.312 e. The normalized spacial score (nSPS) is 9.92. The van der Waals surface area contributed by atoms with Crippen molar-refractivity contribution in [3.05, 3.63) is 12.3 Å². The summed E-state index contributed by atoms with van der Waals surface area (Å²) in [6, 6.07) is 1.00. The third kappa shape index (κ3) is 6.16. The van der Waals surface area contributed by atoms with Crippen LogP contribution < -0.4 is 0 Å². The van der Waals surface area contributed by atoms with Gasteiger partial charge < -0.3 is 4.43 Å². The highest BCUT2D eigenvalue weighted by molar-refractivity contribution is 6.59. The molecule has 0 heterocycles. The first-order chi connectivity index (χ1) is 5.70. The van der Waals surface area contributed by atoms with Gasteiger partial charge in [-0.25, -0.2) is 0 Å². The molecule has 0 rings (SSSR count). The van der Waals surface area contributed by atoms with Gasteiger partial charge in [0.1, 0.15) is 0 Å². The molecule has 0 fully saturated rings. The van der Waals surface area contributed by atoms with Crippen LogP contribution in [0.1, 0.15) is 33.1 Å². The third-order valence-electron chi connectivity index (χ3n) is 1.53. The molecule has 0 bridgehead atoms. The fourth-order valence-electron chi connectivity index (χ4n) is 0.929. The van der Waals surface area contributed by atoms with Crippen molar-refractivity contribution < 1.29 is 9.22 Å². The first kappa shape index (κ1) is 11.4. The highest BCUT2D eigenvalue weighted by Gasteiger charge is 2.10. The maximum atomic E-state index is 10.6. The Balaban J connectivity index is 3.53. The SMILES string of the molecule is C=C[Si](CCCCC)OC(C)=O. The molecule has 0 aliphatic rings. The Labute approximate surface area is 76.3 Å². The van der Waals surface area contributed by atoms with Crippen LogP contribution in [0.2, 0.25) is 6.04 Å². The zero-order chi connectivity index (χ0) is 9.40. The van der Waals surface area contributed by atoms with Gasteiger partial charge in [0.15, 0.2) is 0 Å². The predicted octanol–water partition coefficient (Wildman–Crippen LogP) is 2.46. The van der Waals surface area contributed by atoms with E-state index in [0.29, 0.717) is 0 Å². The Hall–Kier alpha value is -0.573. The van der Waals surface area contributed by atoms with Crippen molar-refractivity contribution in [3.8, 4) is 0 Å². The molecule has 0 aromatic rings. The second-order valence-electron chi connectivity index (χ2n) is 2.72. The molecule has 0 atom stereocenters. The van der Waals surface area contributed by atoms with Gasteiger partial charge in [0, 0.05) is 6.92 Å². The number of carbonyl (C=O) groups excluding carboxylic acids is 1. The van der Waals surface area contributed by atoms with E-state index in [2.05, 4.69) is 13.5 Å². The lowest BCUT2D eigenvalue weighted by atomic mass is 10.3. The van der Waals surface area contributed by atoms with Gasteiger partial charge in [0.25, 0.3) is 5.97 Å². The standard InChI is InChI=1S/C9H17O2Si/c1-4-6-7-8-12(5-2)11-9(3)10/h5H,2,4,6-8H2,1,3H3. The number of hydrogen-bond acceptors (Lipinski definition) is 2. The van der Waals surface area contributed by atoms with Crippen LogP contribution >= 0.6 is 0 Å². The van der Waals surface area contributed by atoms with E-state index in [1.807, 2.05) is 0 Å². The van der Waals surface area contributed by atoms with Crippen molar-refractivity contribution >= 4 is 15.0 Å². The van der Waals surface area contributed by atoms with Gasteiger partial charge in [-0.3, -0.25) is 4.79 Å². The third-order valence-corrected chi connectivity index (χ3v) is 3.38. The van der Waals surface area contributed by atoms with Crippen LogP contribution in [0.25, 0.3) is 0 Å². The zero-order valence-electron chi connectivity index (χ0n) is 7.93. The molecule has 0 amide bonds. The Kier molecular flexibility index (Phi) is 6.76. The Morgan fingerprint density at radius 1 is 1.58 bits per heavy atom. The molecule has 1 radical (unpaired) electrons. The molecule has 69 valence electrons. The van der Waals surface area contributed by atoms with Crippen molar-refractivity contribution in [1.29, 1.82) is 0 Å². The summed E-state index contributed by atoms with van der Waals surface area (Å²) in [5.74, 6) is -0.180. The number of rotatable bonds is 6. The monoisotopic (exact) mass is 185 g/mol. The summed E-state index contributed by atoms with van der Waals surface area (Å²) in [5, 5.41) is 0. The largest absolute Gasteiger partial charge is 0.514 e. The molecule has 0 N–H and O–H groups in total. The van der Waals surface area contributed by atoms with Gasteiger partial charge in [0.2, 0.25) is 0 Å². The van der Waals surface area contributed by atoms with E-state index in [1.54, 1.807) is 5.70 Å². The highest BCUT2D eigenvalue weighted by Crippen LogP contribution is 2.05. The summed E-state index contributed by atoms with van der Waals surface area (Å²) >= 11 is 0. The summed E-state index contributed by atoms with van der Waals surface area (Å²) in [5.41, 5.74) is 1.79. The number of hydrogen-bond donors (Lipinski definition) is 0. The van der Waals surface area contributed by atoms with Crippen LogP contribution in [0.3, 0.4) is 0 Å². The van der Waals surface area contributed by atoms with Crippen LogP contribution in [0.4, 0.5) is 0 Å². The maximum absolute atomic E-state index is 10.6. The lowest BCUT2D eigenvalue weighted by Crippen LogP contribution is -2.18. The van der Waals surface area contributed by atoms with Crippen molar-refractivity contribution in [2.75, 3.05) is 0 Å². The molecule has 0 aliphatic carbocycles. The van der Waals surface area contributed by atoms with E-state index < -0.39 is 9.04 Å². The van der Waals surface area contributed by atoms with E-state index in [0.717, 1.165) is 12.5 Å². The second kappa shape index (κ2) is 7.10. The van der Waals surface area contributed by atoms with E-state index in [4.69, 9.17) is 4.43 Å². The summed E-state index contributed by atoms with van der Waals surface area (Å²) in [4.78, 5) is 10.6. The van der Waals surface area contributed by atoms with E-state index in [-0.39, 0.29) is 5.97 Å². The summed E-state index contributed by atoms with van der Waals surface area (Å²) in [7, 11) is -1.04. The van der Waals surface area contributed by atoms with Crippen LogP contribution in [-0.2, 0) is 9.22 Å². The molecule has 0 aromatic carbocycles.